The predicted octanol–water partition coefficient (Wildman–Crippen LogP) is 3.58. The van der Waals surface area contributed by atoms with E-state index in [0.717, 1.165) is 17.1 Å². The molecule has 0 aliphatic heterocycles. The van der Waals surface area contributed by atoms with Gasteiger partial charge in [-0.05, 0) is 30.5 Å². The number of nitrogens with zero attached hydrogens (tertiary/aromatic N) is 2. The van der Waals surface area contributed by atoms with Crippen molar-refractivity contribution in [3.63, 3.8) is 0 Å². The molecule has 6 heteroatoms. The van der Waals surface area contributed by atoms with E-state index < -0.39 is 0 Å². The zero-order valence-electron chi connectivity index (χ0n) is 11.9. The van der Waals surface area contributed by atoms with E-state index in [2.05, 4.69) is 6.07 Å². The molecule has 0 unspecified atom stereocenters. The van der Waals surface area contributed by atoms with Gasteiger partial charge >= 0.3 is 0 Å². The van der Waals surface area contributed by atoms with Crippen molar-refractivity contribution in [1.29, 1.82) is 5.26 Å². The Balaban J connectivity index is 1.63. The zero-order chi connectivity index (χ0) is 15.5. The molecule has 1 fully saturated rings. The Hall–Kier alpha value is -1.77. The Morgan fingerprint density at radius 1 is 1.59 bits per heavy atom. The van der Waals surface area contributed by atoms with Gasteiger partial charge in [-0.15, -0.1) is 22.9 Å². The molecule has 1 saturated carbocycles. The van der Waals surface area contributed by atoms with Gasteiger partial charge in [0.05, 0.1) is 18.4 Å². The van der Waals surface area contributed by atoms with E-state index in [1.807, 2.05) is 23.6 Å². The van der Waals surface area contributed by atoms with Crippen molar-refractivity contribution in [2.75, 3.05) is 12.4 Å². The van der Waals surface area contributed by atoms with E-state index in [1.54, 1.807) is 11.2 Å². The molecule has 1 amide bonds. The van der Waals surface area contributed by atoms with E-state index in [1.165, 1.54) is 11.3 Å². The molecular weight excluding hydrogens is 320 g/mol. The van der Waals surface area contributed by atoms with Crippen LogP contribution in [0.25, 0.3) is 0 Å². The second-order valence-electron chi connectivity index (χ2n) is 5.44. The van der Waals surface area contributed by atoms with Crippen molar-refractivity contribution in [3.8, 4) is 6.07 Å². The van der Waals surface area contributed by atoms with Gasteiger partial charge in [-0.2, -0.15) is 5.26 Å². The standard InChI is InChI=1S/C16H15ClN2O2S/c17-6-16(20)19(9-13-4-11(7-18)10-22-13)8-12-5-14(12)15-2-1-3-21-15/h1-4,10,12,14H,5-6,8-9H2/t12-,14+/m0/s1. The van der Waals surface area contributed by atoms with E-state index in [4.69, 9.17) is 21.3 Å². The molecular formula is C16H15ClN2O2S. The fraction of sp³-hybridized carbons (Fsp3) is 0.375. The van der Waals surface area contributed by atoms with Crippen molar-refractivity contribution in [1.82, 2.24) is 4.90 Å². The first-order chi connectivity index (χ1) is 10.7. The number of nitriles is 1. The highest BCUT2D eigenvalue weighted by Crippen LogP contribution is 2.48. The van der Waals surface area contributed by atoms with Crippen LogP contribution in [-0.2, 0) is 11.3 Å². The Bertz CT molecular complexity index is 689. The molecule has 2 aromatic rings. The number of carbonyl (C=O) groups is 1. The van der Waals surface area contributed by atoms with Crippen LogP contribution in [0.2, 0.25) is 0 Å². The third-order valence-corrected chi connectivity index (χ3v) is 5.03. The summed E-state index contributed by atoms with van der Waals surface area (Å²) >= 11 is 7.22. The van der Waals surface area contributed by atoms with Crippen molar-refractivity contribution >= 4 is 28.8 Å². The summed E-state index contributed by atoms with van der Waals surface area (Å²) in [4.78, 5) is 14.8. The average molecular weight is 335 g/mol. The van der Waals surface area contributed by atoms with Crippen LogP contribution in [0.3, 0.4) is 0 Å². The molecule has 1 aliphatic rings. The lowest BCUT2D eigenvalue weighted by molar-refractivity contribution is -0.129. The van der Waals surface area contributed by atoms with Gasteiger partial charge in [0.2, 0.25) is 5.91 Å². The summed E-state index contributed by atoms with van der Waals surface area (Å²) in [6.45, 7) is 1.19. The summed E-state index contributed by atoms with van der Waals surface area (Å²) < 4.78 is 5.43. The molecule has 3 rings (SSSR count). The van der Waals surface area contributed by atoms with Gasteiger partial charge in [0.15, 0.2) is 0 Å². The lowest BCUT2D eigenvalue weighted by atomic mass is 10.2. The van der Waals surface area contributed by atoms with E-state index in [0.29, 0.717) is 30.5 Å². The first-order valence-corrected chi connectivity index (χ1v) is 8.47. The molecule has 4 nitrogen and oxygen atoms in total. The lowest BCUT2D eigenvalue weighted by Crippen LogP contribution is -2.33. The largest absolute Gasteiger partial charge is 0.469 e. The summed E-state index contributed by atoms with van der Waals surface area (Å²) in [5.74, 6) is 1.73. The van der Waals surface area contributed by atoms with Gasteiger partial charge in [-0.3, -0.25) is 4.79 Å². The van der Waals surface area contributed by atoms with Crippen LogP contribution >= 0.6 is 22.9 Å². The normalized spacial score (nSPS) is 19.6. The smallest absolute Gasteiger partial charge is 0.237 e. The van der Waals surface area contributed by atoms with E-state index >= 15 is 0 Å². The minimum atomic E-state index is -0.0707. The van der Waals surface area contributed by atoms with Crippen LogP contribution in [0.1, 0.15) is 28.5 Å². The predicted molar refractivity (Wildman–Crippen MR) is 84.7 cm³/mol. The maximum Gasteiger partial charge on any atom is 0.237 e. The topological polar surface area (TPSA) is 57.2 Å². The maximum atomic E-state index is 12.1. The van der Waals surface area contributed by atoms with Crippen LogP contribution in [0.4, 0.5) is 0 Å². The number of carbonyl (C=O) groups excluding carboxylic acids is 1. The molecule has 2 heterocycles. The highest BCUT2D eigenvalue weighted by Gasteiger charge is 2.41. The van der Waals surface area contributed by atoms with E-state index in [9.17, 15) is 4.79 Å². The molecule has 0 saturated heterocycles. The van der Waals surface area contributed by atoms with Crippen molar-refractivity contribution in [3.05, 3.63) is 46.0 Å². The van der Waals surface area contributed by atoms with Crippen molar-refractivity contribution in [2.45, 2.75) is 18.9 Å². The fourth-order valence-corrected chi connectivity index (χ4v) is 3.63. The number of alkyl halides is 1. The number of halogens is 1. The molecule has 0 N–H and O–H groups in total. The number of thiophene rings is 1. The maximum absolute atomic E-state index is 12.1. The van der Waals surface area contributed by atoms with Gasteiger partial charge in [-0.25, -0.2) is 0 Å². The SMILES string of the molecule is N#Cc1csc(CN(C[C@@H]2C[C@H]2c2ccco2)C(=O)CCl)c1. The summed E-state index contributed by atoms with van der Waals surface area (Å²) in [6.07, 6.45) is 2.72. The van der Waals surface area contributed by atoms with Gasteiger partial charge in [-0.1, -0.05) is 0 Å². The van der Waals surface area contributed by atoms with Crippen LogP contribution < -0.4 is 0 Å². The Morgan fingerprint density at radius 2 is 2.45 bits per heavy atom. The first kappa shape index (κ1) is 15.1. The number of hydrogen-bond acceptors (Lipinski definition) is 4. The lowest BCUT2D eigenvalue weighted by Gasteiger charge is -2.21. The summed E-state index contributed by atoms with van der Waals surface area (Å²) in [7, 11) is 0. The quantitative estimate of drug-likeness (QED) is 0.759. The number of hydrogen-bond donors (Lipinski definition) is 0. The summed E-state index contributed by atoms with van der Waals surface area (Å²) in [5.41, 5.74) is 0.637. The van der Waals surface area contributed by atoms with Crippen LogP contribution in [0.5, 0.6) is 0 Å². The molecule has 114 valence electrons. The Labute approximate surface area is 137 Å². The van der Waals surface area contributed by atoms with Crippen LogP contribution in [0, 0.1) is 17.2 Å². The minimum Gasteiger partial charge on any atom is -0.469 e. The third kappa shape index (κ3) is 3.34. The van der Waals surface area contributed by atoms with E-state index in [-0.39, 0.29) is 11.8 Å². The molecule has 2 atom stereocenters. The number of furan rings is 1. The molecule has 0 bridgehead atoms. The Morgan fingerprint density at radius 3 is 3.09 bits per heavy atom. The van der Waals surface area contributed by atoms with Gasteiger partial charge in [0.25, 0.3) is 0 Å². The molecule has 0 spiro atoms. The highest BCUT2D eigenvalue weighted by atomic mass is 35.5. The molecule has 2 aromatic heterocycles. The highest BCUT2D eigenvalue weighted by molar-refractivity contribution is 7.10. The third-order valence-electron chi connectivity index (χ3n) is 3.88. The average Bonchev–Trinajstić information content (AvgIpc) is 2.97. The van der Waals surface area contributed by atoms with Gasteiger partial charge in [0, 0.05) is 22.7 Å². The van der Waals surface area contributed by atoms with Crippen molar-refractivity contribution < 1.29 is 9.21 Å². The van der Waals surface area contributed by atoms with Crippen molar-refractivity contribution in [2.24, 2.45) is 5.92 Å². The first-order valence-electron chi connectivity index (χ1n) is 7.06. The summed E-state index contributed by atoms with van der Waals surface area (Å²) in [5, 5.41) is 10.7. The van der Waals surface area contributed by atoms with Crippen LogP contribution in [0.15, 0.2) is 34.3 Å². The molecule has 0 aromatic carbocycles. The molecule has 1 aliphatic carbocycles. The number of rotatable bonds is 6. The fourth-order valence-electron chi connectivity index (χ4n) is 2.63. The minimum absolute atomic E-state index is 0.0192. The summed E-state index contributed by atoms with van der Waals surface area (Å²) in [6, 6.07) is 7.81. The monoisotopic (exact) mass is 334 g/mol. The number of amides is 1. The zero-order valence-corrected chi connectivity index (χ0v) is 13.4. The molecule has 0 radical (unpaired) electrons. The second kappa shape index (κ2) is 6.55. The Kier molecular flexibility index (Phi) is 4.51. The van der Waals surface area contributed by atoms with Gasteiger partial charge < -0.3 is 9.32 Å². The van der Waals surface area contributed by atoms with Gasteiger partial charge in [0.1, 0.15) is 17.7 Å². The second-order valence-corrected chi connectivity index (χ2v) is 6.70. The van der Waals surface area contributed by atoms with Crippen LogP contribution in [-0.4, -0.2) is 23.2 Å². The molecule has 22 heavy (non-hydrogen) atoms.